The third-order valence-electron chi connectivity index (χ3n) is 7.84. The number of hydrogen-bond donors (Lipinski definition) is 2. The lowest BCUT2D eigenvalue weighted by Gasteiger charge is -2.20. The first-order chi connectivity index (χ1) is 19.3. The van der Waals surface area contributed by atoms with E-state index in [0.29, 0.717) is 0 Å². The van der Waals surface area contributed by atoms with Gasteiger partial charge in [-0.3, -0.25) is 10.1 Å². The number of nitrogens with one attached hydrogen (secondary N) is 1. The van der Waals surface area contributed by atoms with E-state index >= 15 is 0 Å². The molecule has 0 fully saturated rings. The Morgan fingerprint density at radius 3 is 2.03 bits per heavy atom. The number of aromatic nitrogens is 1. The summed E-state index contributed by atoms with van der Waals surface area (Å²) in [5.74, 6) is 0. The largest absolute Gasteiger partial charge is 0.320 e. The lowest BCUT2D eigenvalue weighted by molar-refractivity contribution is 0.867. The van der Waals surface area contributed by atoms with Gasteiger partial charge < -0.3 is 5.73 Å². The summed E-state index contributed by atoms with van der Waals surface area (Å²) in [5, 5.41) is 7.71. The minimum Gasteiger partial charge on any atom is -0.320 e. The SMILES string of the molecule is NC(c1ccccc1)c1ccccc1Nn1c2ccccc2c2c3ccccc3c3c4ccccc4sc3c21. The normalized spacial score (nSPS) is 12.6. The van der Waals surface area contributed by atoms with Gasteiger partial charge in [0.1, 0.15) is 0 Å². The molecule has 0 saturated carbocycles. The first-order valence-corrected chi connectivity index (χ1v) is 14.0. The average Bonchev–Trinajstić information content (AvgIpc) is 3.54. The highest BCUT2D eigenvalue weighted by Crippen LogP contribution is 2.46. The fraction of sp³-hybridized carbons (Fsp3) is 0.0286. The number of anilines is 1. The lowest BCUT2D eigenvalue weighted by Crippen LogP contribution is -2.17. The van der Waals surface area contributed by atoms with Crippen molar-refractivity contribution in [2.24, 2.45) is 5.73 Å². The van der Waals surface area contributed by atoms with Crippen LogP contribution in [0.15, 0.2) is 127 Å². The van der Waals surface area contributed by atoms with E-state index in [0.717, 1.165) is 22.3 Å². The van der Waals surface area contributed by atoms with Gasteiger partial charge in [-0.15, -0.1) is 11.3 Å². The second kappa shape index (κ2) is 8.70. The van der Waals surface area contributed by atoms with E-state index in [-0.39, 0.29) is 6.04 Å². The van der Waals surface area contributed by atoms with Crippen LogP contribution in [0, 0.1) is 0 Å². The number of thiophene rings is 1. The second-order valence-corrected chi connectivity index (χ2v) is 11.1. The predicted octanol–water partition coefficient (Wildman–Crippen LogP) is 9.24. The first kappa shape index (κ1) is 22.4. The fourth-order valence-corrected chi connectivity index (χ4v) is 7.33. The number of nitrogens with two attached hydrogens (primary N) is 1. The maximum atomic E-state index is 6.84. The maximum Gasteiger partial charge on any atom is 0.0894 e. The number of rotatable bonds is 4. The molecule has 186 valence electrons. The highest BCUT2D eigenvalue weighted by Gasteiger charge is 2.22. The molecule has 0 radical (unpaired) electrons. The van der Waals surface area contributed by atoms with Gasteiger partial charge in [0.2, 0.25) is 0 Å². The number of benzene rings is 6. The summed E-state index contributed by atoms with van der Waals surface area (Å²) in [4.78, 5) is 0. The van der Waals surface area contributed by atoms with Crippen molar-refractivity contribution in [1.82, 2.24) is 4.68 Å². The molecule has 3 nitrogen and oxygen atoms in total. The minimum atomic E-state index is -0.242. The molecule has 2 aromatic heterocycles. The third-order valence-corrected chi connectivity index (χ3v) is 9.02. The number of para-hydroxylation sites is 2. The van der Waals surface area contributed by atoms with Crippen molar-refractivity contribution < 1.29 is 0 Å². The summed E-state index contributed by atoms with van der Waals surface area (Å²) in [6.07, 6.45) is 0. The van der Waals surface area contributed by atoms with E-state index in [1.807, 2.05) is 29.5 Å². The highest BCUT2D eigenvalue weighted by molar-refractivity contribution is 7.27. The molecule has 0 saturated heterocycles. The molecule has 8 rings (SSSR count). The molecule has 0 aliphatic carbocycles. The summed E-state index contributed by atoms with van der Waals surface area (Å²) in [5.41, 5.74) is 16.2. The Morgan fingerprint density at radius 1 is 0.590 bits per heavy atom. The standard InChI is InChI=1S/C35H25N3S/c36-33(22-12-2-1-3-13-22)25-16-6-9-19-28(25)37-38-29-20-10-7-17-26(29)31-23-14-4-5-15-24(23)32-27-18-8-11-21-30(27)39-35(32)34(31)38/h1-21,33,37H,36H2. The summed E-state index contributed by atoms with van der Waals surface area (Å²) in [7, 11) is 0. The summed E-state index contributed by atoms with van der Waals surface area (Å²) in [6.45, 7) is 0. The Balaban J connectivity index is 1.47. The quantitative estimate of drug-likeness (QED) is 0.243. The summed E-state index contributed by atoms with van der Waals surface area (Å²) in [6, 6.07) is 44.7. The van der Waals surface area contributed by atoms with E-state index in [9.17, 15) is 0 Å². The molecule has 0 aliphatic heterocycles. The molecule has 3 N–H and O–H groups in total. The predicted molar refractivity (Wildman–Crippen MR) is 168 cm³/mol. The first-order valence-electron chi connectivity index (χ1n) is 13.2. The zero-order chi connectivity index (χ0) is 25.9. The van der Waals surface area contributed by atoms with Crippen LogP contribution in [-0.4, -0.2) is 4.68 Å². The van der Waals surface area contributed by atoms with Gasteiger partial charge in [-0.2, -0.15) is 0 Å². The molecule has 0 spiro atoms. The average molecular weight is 520 g/mol. The lowest BCUT2D eigenvalue weighted by atomic mass is 9.98. The Labute approximate surface area is 229 Å². The van der Waals surface area contributed by atoms with Crippen LogP contribution in [-0.2, 0) is 0 Å². The summed E-state index contributed by atoms with van der Waals surface area (Å²) >= 11 is 1.87. The second-order valence-electron chi connectivity index (χ2n) is 10.0. The topological polar surface area (TPSA) is 43.0 Å². The van der Waals surface area contributed by atoms with Crippen LogP contribution >= 0.6 is 11.3 Å². The van der Waals surface area contributed by atoms with Crippen molar-refractivity contribution >= 4 is 69.8 Å². The van der Waals surface area contributed by atoms with Gasteiger partial charge in [0.05, 0.1) is 27.5 Å². The van der Waals surface area contributed by atoms with Crippen LogP contribution in [0.4, 0.5) is 5.69 Å². The van der Waals surface area contributed by atoms with Gasteiger partial charge in [-0.1, -0.05) is 109 Å². The molecule has 1 unspecified atom stereocenters. The molecular formula is C35H25N3S. The van der Waals surface area contributed by atoms with Gasteiger partial charge in [0.15, 0.2) is 0 Å². The van der Waals surface area contributed by atoms with Crippen molar-refractivity contribution in [3.05, 3.63) is 139 Å². The molecule has 0 bridgehead atoms. The minimum absolute atomic E-state index is 0.242. The third kappa shape index (κ3) is 3.32. The van der Waals surface area contributed by atoms with Gasteiger partial charge >= 0.3 is 0 Å². The highest BCUT2D eigenvalue weighted by atomic mass is 32.1. The number of nitrogens with zero attached hydrogens (tertiary/aromatic N) is 1. The van der Waals surface area contributed by atoms with Crippen LogP contribution in [0.2, 0.25) is 0 Å². The maximum absolute atomic E-state index is 6.84. The van der Waals surface area contributed by atoms with E-state index in [2.05, 4.69) is 119 Å². The number of fused-ring (bicyclic) bond motifs is 10. The van der Waals surface area contributed by atoms with Crippen molar-refractivity contribution in [3.8, 4) is 0 Å². The monoisotopic (exact) mass is 519 g/mol. The molecule has 6 aromatic carbocycles. The molecule has 39 heavy (non-hydrogen) atoms. The van der Waals surface area contributed by atoms with Crippen molar-refractivity contribution in [1.29, 1.82) is 0 Å². The molecule has 2 heterocycles. The Hall–Kier alpha value is -4.64. The summed E-state index contributed by atoms with van der Waals surface area (Å²) < 4.78 is 4.87. The van der Waals surface area contributed by atoms with Gasteiger partial charge in [-0.25, -0.2) is 0 Å². The van der Waals surface area contributed by atoms with Crippen LogP contribution in [0.3, 0.4) is 0 Å². The molecule has 4 heteroatoms. The molecular weight excluding hydrogens is 494 g/mol. The zero-order valence-corrected chi connectivity index (χ0v) is 22.0. The smallest absolute Gasteiger partial charge is 0.0894 e. The Bertz CT molecular complexity index is 2170. The fourth-order valence-electron chi connectivity index (χ4n) is 6.07. The molecule has 1 atom stereocenters. The van der Waals surface area contributed by atoms with E-state index < -0.39 is 0 Å². The van der Waals surface area contributed by atoms with Crippen LogP contribution in [0.1, 0.15) is 17.2 Å². The van der Waals surface area contributed by atoms with E-state index in [1.165, 1.54) is 47.2 Å². The molecule has 0 aliphatic rings. The molecule has 0 amide bonds. The van der Waals surface area contributed by atoms with Gasteiger partial charge in [-0.05, 0) is 40.1 Å². The molecule has 8 aromatic rings. The van der Waals surface area contributed by atoms with Gasteiger partial charge in [0, 0.05) is 26.2 Å². The van der Waals surface area contributed by atoms with E-state index in [4.69, 9.17) is 5.73 Å². The van der Waals surface area contributed by atoms with Crippen LogP contribution in [0.25, 0.3) is 52.8 Å². The van der Waals surface area contributed by atoms with E-state index in [1.54, 1.807) is 0 Å². The van der Waals surface area contributed by atoms with Gasteiger partial charge in [0.25, 0.3) is 0 Å². The zero-order valence-electron chi connectivity index (χ0n) is 21.1. The van der Waals surface area contributed by atoms with Crippen molar-refractivity contribution in [3.63, 3.8) is 0 Å². The van der Waals surface area contributed by atoms with Crippen LogP contribution in [0.5, 0.6) is 0 Å². The van der Waals surface area contributed by atoms with Crippen LogP contribution < -0.4 is 11.2 Å². The van der Waals surface area contributed by atoms with Crippen molar-refractivity contribution in [2.45, 2.75) is 6.04 Å². The number of hydrogen-bond acceptors (Lipinski definition) is 3. The Morgan fingerprint density at radius 2 is 1.21 bits per heavy atom. The van der Waals surface area contributed by atoms with Crippen molar-refractivity contribution in [2.75, 3.05) is 5.43 Å². The Kier molecular flexibility index (Phi) is 4.99.